The van der Waals surface area contributed by atoms with Gasteiger partial charge >= 0.3 is 0 Å². The Morgan fingerprint density at radius 2 is 1.86 bits per heavy atom. The average Bonchev–Trinajstić information content (AvgIpc) is 2.37. The molecule has 1 aromatic rings. The molecule has 0 spiro atoms. The molecule has 1 fully saturated rings. The molecule has 5 nitrogen and oxygen atoms in total. The largest absolute Gasteiger partial charge is 0.354 e. The predicted molar refractivity (Wildman–Crippen MR) is 92.0 cm³/mol. The van der Waals surface area contributed by atoms with Gasteiger partial charge in [0.05, 0.1) is 4.90 Å². The fourth-order valence-corrected chi connectivity index (χ4v) is 3.64. The fourth-order valence-electron chi connectivity index (χ4n) is 1.97. The van der Waals surface area contributed by atoms with Crippen molar-refractivity contribution in [2.75, 3.05) is 19.6 Å². The quantitative estimate of drug-likeness (QED) is 0.774. The molecule has 2 rings (SSSR count). The van der Waals surface area contributed by atoms with E-state index in [0.29, 0.717) is 12.5 Å². The summed E-state index contributed by atoms with van der Waals surface area (Å²) < 4.78 is 24.6. The fraction of sp³-hybridized carbons (Fsp3) is 0.500. The number of amides is 1. The number of nitrogens with one attached hydrogen (secondary N) is 2. The summed E-state index contributed by atoms with van der Waals surface area (Å²) in [5.74, 6) is -0.0718. The van der Waals surface area contributed by atoms with Gasteiger partial charge in [-0.05, 0) is 38.1 Å². The molecule has 1 amide bonds. The van der Waals surface area contributed by atoms with Crippen LogP contribution in [-0.2, 0) is 14.6 Å². The normalized spacial score (nSPS) is 15.6. The van der Waals surface area contributed by atoms with Crippen LogP contribution in [0.15, 0.2) is 33.6 Å². The Morgan fingerprint density at radius 3 is 2.32 bits per heavy atom. The molecule has 0 aromatic heterocycles. The average molecular weight is 412 g/mol. The Bertz CT molecular complexity index is 628. The summed E-state index contributed by atoms with van der Waals surface area (Å²) in [6.45, 7) is 5.11. The van der Waals surface area contributed by atoms with Gasteiger partial charge in [0.25, 0.3) is 0 Å². The van der Waals surface area contributed by atoms with Gasteiger partial charge in [-0.1, -0.05) is 15.9 Å². The summed E-state index contributed by atoms with van der Waals surface area (Å²) in [6.07, 6.45) is 0. The van der Waals surface area contributed by atoms with Gasteiger partial charge in [-0.3, -0.25) is 4.79 Å². The zero-order valence-electron chi connectivity index (χ0n) is 12.4. The first kappa shape index (κ1) is 19.4. The van der Waals surface area contributed by atoms with Crippen LogP contribution in [0.2, 0.25) is 0 Å². The third-order valence-corrected chi connectivity index (χ3v) is 6.71. The third kappa shape index (κ3) is 3.82. The molecule has 1 aromatic carbocycles. The third-order valence-electron chi connectivity index (χ3n) is 3.76. The summed E-state index contributed by atoms with van der Waals surface area (Å²) in [5.41, 5.74) is 0. The van der Waals surface area contributed by atoms with Gasteiger partial charge in [-0.2, -0.15) is 0 Å². The van der Waals surface area contributed by atoms with Gasteiger partial charge in [0.2, 0.25) is 5.91 Å². The Hall–Kier alpha value is -0.630. The van der Waals surface area contributed by atoms with Crippen LogP contribution in [0.4, 0.5) is 0 Å². The summed E-state index contributed by atoms with van der Waals surface area (Å²) in [7, 11) is -3.74. The highest BCUT2D eigenvalue weighted by Gasteiger charge is 2.42. The van der Waals surface area contributed by atoms with Crippen molar-refractivity contribution in [2.24, 2.45) is 5.92 Å². The number of hydrogen-bond donors (Lipinski definition) is 2. The molecule has 0 aliphatic carbocycles. The maximum absolute atomic E-state index is 12.6. The SMILES string of the molecule is CC(C)(C(=O)NCC1CNC1)S(=O)(=O)c1ccc(Br)cc1.Cl. The van der Waals surface area contributed by atoms with E-state index in [-0.39, 0.29) is 17.3 Å². The predicted octanol–water partition coefficient (Wildman–Crippen LogP) is 1.76. The van der Waals surface area contributed by atoms with Gasteiger partial charge in [-0.25, -0.2) is 8.42 Å². The molecular formula is C14H20BrClN2O3S. The summed E-state index contributed by atoms with van der Waals surface area (Å²) in [5, 5.41) is 5.86. The zero-order valence-corrected chi connectivity index (χ0v) is 15.6. The monoisotopic (exact) mass is 410 g/mol. The minimum Gasteiger partial charge on any atom is -0.354 e. The molecular weight excluding hydrogens is 392 g/mol. The lowest BCUT2D eigenvalue weighted by Gasteiger charge is -2.29. The molecule has 22 heavy (non-hydrogen) atoms. The molecule has 8 heteroatoms. The van der Waals surface area contributed by atoms with E-state index in [0.717, 1.165) is 17.6 Å². The van der Waals surface area contributed by atoms with Crippen LogP contribution in [0.25, 0.3) is 0 Å². The lowest BCUT2D eigenvalue weighted by atomic mass is 10.0. The van der Waals surface area contributed by atoms with Crippen LogP contribution in [0.1, 0.15) is 13.8 Å². The van der Waals surface area contributed by atoms with E-state index < -0.39 is 20.5 Å². The number of carbonyl (C=O) groups is 1. The van der Waals surface area contributed by atoms with E-state index in [4.69, 9.17) is 0 Å². The maximum Gasteiger partial charge on any atom is 0.241 e. The first-order chi connectivity index (χ1) is 9.75. The Balaban J connectivity index is 0.00000242. The molecule has 0 saturated carbocycles. The minimum atomic E-state index is -3.74. The van der Waals surface area contributed by atoms with Crippen molar-refractivity contribution in [1.82, 2.24) is 10.6 Å². The molecule has 0 radical (unpaired) electrons. The van der Waals surface area contributed by atoms with Gasteiger partial charge in [-0.15, -0.1) is 12.4 Å². The lowest BCUT2D eigenvalue weighted by Crippen LogP contribution is -2.53. The van der Waals surface area contributed by atoms with Crippen molar-refractivity contribution in [1.29, 1.82) is 0 Å². The summed E-state index contributed by atoms with van der Waals surface area (Å²) >= 11 is 3.27. The molecule has 124 valence electrons. The van der Waals surface area contributed by atoms with Crippen molar-refractivity contribution in [3.63, 3.8) is 0 Å². The highest BCUT2D eigenvalue weighted by molar-refractivity contribution is 9.10. The van der Waals surface area contributed by atoms with Crippen molar-refractivity contribution >= 4 is 44.1 Å². The van der Waals surface area contributed by atoms with Crippen LogP contribution in [0.3, 0.4) is 0 Å². The van der Waals surface area contributed by atoms with E-state index in [1.165, 1.54) is 26.0 Å². The molecule has 0 unspecified atom stereocenters. The highest BCUT2D eigenvalue weighted by Crippen LogP contribution is 2.26. The van der Waals surface area contributed by atoms with E-state index in [2.05, 4.69) is 26.6 Å². The van der Waals surface area contributed by atoms with Crippen LogP contribution in [0.5, 0.6) is 0 Å². The Kier molecular flexibility index (Phi) is 6.44. The number of rotatable bonds is 5. The second kappa shape index (κ2) is 7.29. The summed E-state index contributed by atoms with van der Waals surface area (Å²) in [6, 6.07) is 6.32. The Labute approximate surface area is 145 Å². The molecule has 1 heterocycles. The van der Waals surface area contributed by atoms with Crippen LogP contribution in [-0.4, -0.2) is 38.7 Å². The van der Waals surface area contributed by atoms with E-state index >= 15 is 0 Å². The van der Waals surface area contributed by atoms with Gasteiger partial charge < -0.3 is 10.6 Å². The van der Waals surface area contributed by atoms with E-state index in [1.54, 1.807) is 12.1 Å². The number of hydrogen-bond acceptors (Lipinski definition) is 4. The maximum atomic E-state index is 12.6. The van der Waals surface area contributed by atoms with Gasteiger partial charge in [0, 0.05) is 30.0 Å². The first-order valence-electron chi connectivity index (χ1n) is 6.74. The second-order valence-corrected chi connectivity index (χ2v) is 9.12. The highest BCUT2D eigenvalue weighted by atomic mass is 79.9. The molecule has 0 atom stereocenters. The molecule has 0 bridgehead atoms. The van der Waals surface area contributed by atoms with Crippen molar-refractivity contribution in [2.45, 2.75) is 23.5 Å². The second-order valence-electron chi connectivity index (χ2n) is 5.70. The number of halogens is 2. The number of benzene rings is 1. The van der Waals surface area contributed by atoms with Crippen LogP contribution in [0, 0.1) is 5.92 Å². The van der Waals surface area contributed by atoms with Gasteiger partial charge in [0.15, 0.2) is 9.84 Å². The van der Waals surface area contributed by atoms with Crippen LogP contribution < -0.4 is 10.6 Å². The van der Waals surface area contributed by atoms with Crippen molar-refractivity contribution in [3.05, 3.63) is 28.7 Å². The van der Waals surface area contributed by atoms with E-state index in [1.807, 2.05) is 0 Å². The van der Waals surface area contributed by atoms with E-state index in [9.17, 15) is 13.2 Å². The topological polar surface area (TPSA) is 75.3 Å². The van der Waals surface area contributed by atoms with Gasteiger partial charge in [0.1, 0.15) is 4.75 Å². The number of sulfone groups is 1. The van der Waals surface area contributed by atoms with Crippen molar-refractivity contribution in [3.8, 4) is 0 Å². The zero-order chi connectivity index (χ0) is 15.7. The standard InChI is InChI=1S/C14H19BrN2O3S.ClH/c1-14(2,13(18)17-9-10-7-16-8-10)21(19,20)12-5-3-11(15)4-6-12;/h3-6,10,16H,7-9H2,1-2H3,(H,17,18);1H. The Morgan fingerprint density at radius 1 is 1.32 bits per heavy atom. The molecule has 1 aliphatic heterocycles. The first-order valence-corrected chi connectivity index (χ1v) is 9.02. The summed E-state index contributed by atoms with van der Waals surface area (Å²) in [4.78, 5) is 12.4. The molecule has 2 N–H and O–H groups in total. The van der Waals surface area contributed by atoms with Crippen LogP contribution >= 0.6 is 28.3 Å². The van der Waals surface area contributed by atoms with Crippen molar-refractivity contribution < 1.29 is 13.2 Å². The number of carbonyl (C=O) groups excluding carboxylic acids is 1. The smallest absolute Gasteiger partial charge is 0.241 e. The lowest BCUT2D eigenvalue weighted by molar-refractivity contribution is -0.123. The molecule has 1 aliphatic rings. The minimum absolute atomic E-state index is 0. The molecule has 1 saturated heterocycles.